The van der Waals surface area contributed by atoms with Crippen molar-refractivity contribution in [3.05, 3.63) is 30.1 Å². The maximum absolute atomic E-state index is 11.9. The summed E-state index contributed by atoms with van der Waals surface area (Å²) in [5.41, 5.74) is 0.343. The number of carboxylic acid groups (broad SMARTS) is 1. The zero-order valence-electron chi connectivity index (χ0n) is 10.7. The van der Waals surface area contributed by atoms with Gasteiger partial charge >= 0.3 is 12.1 Å². The number of aromatic carboxylic acids is 1. The van der Waals surface area contributed by atoms with Crippen molar-refractivity contribution in [2.45, 2.75) is 6.18 Å². The van der Waals surface area contributed by atoms with Crippen molar-refractivity contribution in [3.63, 3.8) is 0 Å². The van der Waals surface area contributed by atoms with Crippen LogP contribution >= 0.6 is 0 Å². The fourth-order valence-corrected chi connectivity index (χ4v) is 1.75. The molecule has 0 aliphatic heterocycles. The Morgan fingerprint density at radius 2 is 2.19 bits per heavy atom. The van der Waals surface area contributed by atoms with E-state index in [2.05, 4.69) is 15.0 Å². The second kappa shape index (κ2) is 6.00. The van der Waals surface area contributed by atoms with Crippen LogP contribution in [0.1, 0.15) is 10.5 Å². The standard InChI is InChI=1S/C12H12F3N3O3/c13-12(14,15)7-21-6-4-16-10-9(11(19)20)18-5-2-1-3-8(18)17-10/h1-3,5,16H,4,6-7H2,(H,19,20). The largest absolute Gasteiger partial charge is 0.476 e. The Bertz CT molecular complexity index is 639. The first kappa shape index (κ1) is 15.1. The SMILES string of the molecule is O=C(O)c1c(NCCOCC(F)(F)F)nc2ccccn12. The van der Waals surface area contributed by atoms with E-state index < -0.39 is 18.8 Å². The van der Waals surface area contributed by atoms with Gasteiger partial charge in [-0.05, 0) is 12.1 Å². The number of rotatable bonds is 6. The first-order chi connectivity index (χ1) is 9.88. The lowest BCUT2D eigenvalue weighted by atomic mass is 10.4. The van der Waals surface area contributed by atoms with Crippen molar-refractivity contribution in [3.8, 4) is 0 Å². The molecule has 0 aliphatic carbocycles. The predicted molar refractivity (Wildman–Crippen MR) is 67.5 cm³/mol. The van der Waals surface area contributed by atoms with E-state index in [0.29, 0.717) is 5.65 Å². The minimum atomic E-state index is -4.38. The van der Waals surface area contributed by atoms with Crippen LogP contribution < -0.4 is 5.32 Å². The molecule has 0 bridgehead atoms. The normalized spacial score (nSPS) is 11.8. The Morgan fingerprint density at radius 1 is 1.43 bits per heavy atom. The molecular weight excluding hydrogens is 291 g/mol. The third kappa shape index (κ3) is 3.85. The molecule has 0 amide bonds. The van der Waals surface area contributed by atoms with Gasteiger partial charge in [0.05, 0.1) is 6.61 Å². The lowest BCUT2D eigenvalue weighted by Gasteiger charge is -2.08. The molecule has 0 aromatic carbocycles. The highest BCUT2D eigenvalue weighted by atomic mass is 19.4. The Labute approximate surface area is 117 Å². The minimum absolute atomic E-state index is 0.0141. The van der Waals surface area contributed by atoms with Crippen LogP contribution in [0, 0.1) is 0 Å². The number of anilines is 1. The second-order valence-corrected chi connectivity index (χ2v) is 4.14. The average Bonchev–Trinajstić information content (AvgIpc) is 2.75. The third-order valence-corrected chi connectivity index (χ3v) is 2.54. The topological polar surface area (TPSA) is 75.9 Å². The van der Waals surface area contributed by atoms with Gasteiger partial charge in [-0.1, -0.05) is 6.07 Å². The molecule has 2 aromatic rings. The Balaban J connectivity index is 2.02. The molecule has 114 valence electrons. The van der Waals surface area contributed by atoms with Crippen LogP contribution in [0.2, 0.25) is 0 Å². The zero-order chi connectivity index (χ0) is 15.5. The number of halogens is 3. The van der Waals surface area contributed by atoms with Gasteiger partial charge in [0.1, 0.15) is 12.3 Å². The minimum Gasteiger partial charge on any atom is -0.476 e. The molecule has 0 saturated heterocycles. The molecule has 9 heteroatoms. The molecule has 0 aliphatic rings. The van der Waals surface area contributed by atoms with Crippen LogP contribution in [0.15, 0.2) is 24.4 Å². The highest BCUT2D eigenvalue weighted by Gasteiger charge is 2.27. The molecule has 6 nitrogen and oxygen atoms in total. The predicted octanol–water partition coefficient (Wildman–Crippen LogP) is 2.02. The number of carboxylic acids is 1. The summed E-state index contributed by atoms with van der Waals surface area (Å²) in [6.07, 6.45) is -2.84. The zero-order valence-corrected chi connectivity index (χ0v) is 10.7. The number of hydrogen-bond acceptors (Lipinski definition) is 4. The highest BCUT2D eigenvalue weighted by molar-refractivity contribution is 5.92. The van der Waals surface area contributed by atoms with Crippen LogP contribution in [0.3, 0.4) is 0 Å². The number of pyridine rings is 1. The number of aromatic nitrogens is 2. The van der Waals surface area contributed by atoms with Crippen molar-refractivity contribution < 1.29 is 27.8 Å². The smallest absolute Gasteiger partial charge is 0.411 e. The molecular formula is C12H12F3N3O3. The Kier molecular flexibility index (Phi) is 4.32. The summed E-state index contributed by atoms with van der Waals surface area (Å²) in [5.74, 6) is -1.10. The van der Waals surface area contributed by atoms with E-state index in [9.17, 15) is 23.1 Å². The number of ether oxygens (including phenoxy) is 1. The number of nitrogens with zero attached hydrogens (tertiary/aromatic N) is 2. The van der Waals surface area contributed by atoms with Crippen LogP contribution in [0.4, 0.5) is 19.0 Å². The van der Waals surface area contributed by atoms with Gasteiger partial charge in [0.2, 0.25) is 0 Å². The molecule has 2 rings (SSSR count). The van der Waals surface area contributed by atoms with Crippen molar-refractivity contribution in [2.75, 3.05) is 25.1 Å². The maximum atomic E-state index is 11.9. The first-order valence-corrected chi connectivity index (χ1v) is 5.97. The maximum Gasteiger partial charge on any atom is 0.411 e. The summed E-state index contributed by atoms with van der Waals surface area (Å²) >= 11 is 0. The highest BCUT2D eigenvalue weighted by Crippen LogP contribution is 2.17. The molecule has 0 spiro atoms. The molecule has 2 heterocycles. The van der Waals surface area contributed by atoms with E-state index in [1.807, 2.05) is 0 Å². The number of nitrogens with one attached hydrogen (secondary N) is 1. The molecule has 0 radical (unpaired) electrons. The van der Waals surface area contributed by atoms with Gasteiger partial charge in [-0.15, -0.1) is 0 Å². The first-order valence-electron chi connectivity index (χ1n) is 5.97. The van der Waals surface area contributed by atoms with E-state index >= 15 is 0 Å². The van der Waals surface area contributed by atoms with Gasteiger partial charge in [0.25, 0.3) is 0 Å². The van der Waals surface area contributed by atoms with Crippen LogP contribution in [-0.4, -0.2) is 46.4 Å². The fourth-order valence-electron chi connectivity index (χ4n) is 1.75. The van der Waals surface area contributed by atoms with E-state index in [1.165, 1.54) is 10.6 Å². The summed E-state index contributed by atoms with van der Waals surface area (Å²) < 4.78 is 41.4. The fraction of sp³-hybridized carbons (Fsp3) is 0.333. The van der Waals surface area contributed by atoms with Gasteiger partial charge in [-0.25, -0.2) is 9.78 Å². The quantitative estimate of drug-likeness (QED) is 0.799. The van der Waals surface area contributed by atoms with Crippen molar-refractivity contribution in [1.82, 2.24) is 9.38 Å². The Morgan fingerprint density at radius 3 is 2.86 bits per heavy atom. The summed E-state index contributed by atoms with van der Waals surface area (Å²) in [6.45, 7) is -1.54. The summed E-state index contributed by atoms with van der Waals surface area (Å²) in [6, 6.07) is 4.97. The summed E-state index contributed by atoms with van der Waals surface area (Å²) in [7, 11) is 0. The molecule has 21 heavy (non-hydrogen) atoms. The number of carbonyl (C=O) groups is 1. The lowest BCUT2D eigenvalue weighted by Crippen LogP contribution is -2.20. The van der Waals surface area contributed by atoms with Gasteiger partial charge in [0.15, 0.2) is 11.5 Å². The van der Waals surface area contributed by atoms with Crippen LogP contribution in [0.5, 0.6) is 0 Å². The van der Waals surface area contributed by atoms with Crippen LogP contribution in [-0.2, 0) is 4.74 Å². The van der Waals surface area contributed by atoms with E-state index in [-0.39, 0.29) is 24.7 Å². The lowest BCUT2D eigenvalue weighted by molar-refractivity contribution is -0.172. The molecule has 0 unspecified atom stereocenters. The molecule has 2 aromatic heterocycles. The number of fused-ring (bicyclic) bond motifs is 1. The van der Waals surface area contributed by atoms with Crippen molar-refractivity contribution >= 4 is 17.4 Å². The monoisotopic (exact) mass is 303 g/mol. The average molecular weight is 303 g/mol. The summed E-state index contributed by atoms with van der Waals surface area (Å²) in [4.78, 5) is 15.3. The van der Waals surface area contributed by atoms with Gasteiger partial charge in [0, 0.05) is 12.7 Å². The number of alkyl halides is 3. The van der Waals surface area contributed by atoms with E-state index in [4.69, 9.17) is 0 Å². The van der Waals surface area contributed by atoms with Crippen molar-refractivity contribution in [2.24, 2.45) is 0 Å². The molecule has 0 fully saturated rings. The van der Waals surface area contributed by atoms with Gasteiger partial charge < -0.3 is 15.2 Å². The molecule has 0 atom stereocenters. The van der Waals surface area contributed by atoms with Gasteiger partial charge in [-0.2, -0.15) is 13.2 Å². The van der Waals surface area contributed by atoms with Gasteiger partial charge in [-0.3, -0.25) is 4.40 Å². The molecule has 0 saturated carbocycles. The van der Waals surface area contributed by atoms with Crippen LogP contribution in [0.25, 0.3) is 5.65 Å². The number of imidazole rings is 1. The van der Waals surface area contributed by atoms with Crippen molar-refractivity contribution in [1.29, 1.82) is 0 Å². The number of hydrogen-bond donors (Lipinski definition) is 2. The Hall–Kier alpha value is -2.29. The molecule has 2 N–H and O–H groups in total. The summed E-state index contributed by atoms with van der Waals surface area (Å²) in [5, 5.41) is 11.8. The second-order valence-electron chi connectivity index (χ2n) is 4.14. The van der Waals surface area contributed by atoms with E-state index in [0.717, 1.165) is 0 Å². The third-order valence-electron chi connectivity index (χ3n) is 2.54. The van der Waals surface area contributed by atoms with E-state index in [1.54, 1.807) is 18.2 Å².